The maximum atomic E-state index is 11.8. The SMILES string of the molecule is O=C(N/N=C\c1ccc(N(CCCl)CCCl)cc1)c1ccccn1. The number of nitrogens with zero attached hydrogens (tertiary/aromatic N) is 3. The van der Waals surface area contributed by atoms with Gasteiger partial charge in [-0.1, -0.05) is 18.2 Å². The maximum Gasteiger partial charge on any atom is 0.289 e. The van der Waals surface area contributed by atoms with E-state index in [4.69, 9.17) is 23.2 Å². The van der Waals surface area contributed by atoms with Crippen molar-refractivity contribution >= 4 is 41.0 Å². The third-order valence-electron chi connectivity index (χ3n) is 3.24. The zero-order chi connectivity index (χ0) is 17.2. The first-order chi connectivity index (χ1) is 11.7. The van der Waals surface area contributed by atoms with E-state index in [0.29, 0.717) is 17.5 Å². The van der Waals surface area contributed by atoms with Crippen molar-refractivity contribution in [3.05, 3.63) is 59.9 Å². The van der Waals surface area contributed by atoms with Gasteiger partial charge < -0.3 is 4.90 Å². The quantitative estimate of drug-likeness (QED) is 0.444. The van der Waals surface area contributed by atoms with Gasteiger partial charge in [0.2, 0.25) is 0 Å². The van der Waals surface area contributed by atoms with E-state index >= 15 is 0 Å². The first-order valence-electron chi connectivity index (χ1n) is 7.46. The van der Waals surface area contributed by atoms with Crippen LogP contribution in [0, 0.1) is 0 Å². The summed E-state index contributed by atoms with van der Waals surface area (Å²) in [7, 11) is 0. The molecule has 1 heterocycles. The summed E-state index contributed by atoms with van der Waals surface area (Å²) in [5.74, 6) is 0.734. The van der Waals surface area contributed by atoms with Crippen LogP contribution in [0.5, 0.6) is 0 Å². The molecule has 0 saturated carbocycles. The Morgan fingerprint density at radius 3 is 2.42 bits per heavy atom. The standard InChI is InChI=1S/C17H18Cl2N4O/c18-8-11-23(12-9-19)15-6-4-14(5-7-15)13-21-22-17(24)16-3-1-2-10-20-16/h1-7,10,13H,8-9,11-12H2,(H,22,24)/b21-13-. The number of halogens is 2. The molecule has 0 radical (unpaired) electrons. The average Bonchev–Trinajstić information content (AvgIpc) is 2.63. The number of carbonyl (C=O) groups is 1. The van der Waals surface area contributed by atoms with Crippen molar-refractivity contribution in [3.8, 4) is 0 Å². The second-order valence-corrected chi connectivity index (χ2v) is 5.63. The van der Waals surface area contributed by atoms with Gasteiger partial charge in [-0.15, -0.1) is 23.2 Å². The molecule has 0 saturated heterocycles. The monoisotopic (exact) mass is 364 g/mol. The zero-order valence-electron chi connectivity index (χ0n) is 13.0. The molecule has 0 aliphatic carbocycles. The number of hydrogen-bond acceptors (Lipinski definition) is 4. The number of amides is 1. The molecular weight excluding hydrogens is 347 g/mol. The van der Waals surface area contributed by atoms with Gasteiger partial charge in [0.1, 0.15) is 5.69 Å². The molecule has 0 atom stereocenters. The van der Waals surface area contributed by atoms with Gasteiger partial charge in [0.15, 0.2) is 0 Å². The molecule has 0 aliphatic rings. The van der Waals surface area contributed by atoms with Gasteiger partial charge >= 0.3 is 0 Å². The molecule has 0 spiro atoms. The van der Waals surface area contributed by atoms with Crippen molar-refractivity contribution in [3.63, 3.8) is 0 Å². The summed E-state index contributed by atoms with van der Waals surface area (Å²) >= 11 is 11.6. The number of nitrogens with one attached hydrogen (secondary N) is 1. The molecule has 0 unspecified atom stereocenters. The third kappa shape index (κ3) is 5.51. The van der Waals surface area contributed by atoms with Crippen LogP contribution in [-0.2, 0) is 0 Å². The summed E-state index contributed by atoms with van der Waals surface area (Å²) in [6.07, 6.45) is 3.14. The first-order valence-corrected chi connectivity index (χ1v) is 8.53. The van der Waals surface area contributed by atoms with Crippen molar-refractivity contribution in [2.75, 3.05) is 29.7 Å². The minimum absolute atomic E-state index is 0.322. The van der Waals surface area contributed by atoms with Crippen LogP contribution in [0.2, 0.25) is 0 Å². The number of hydrazone groups is 1. The molecule has 0 fully saturated rings. The molecule has 1 aromatic carbocycles. The maximum absolute atomic E-state index is 11.8. The molecule has 24 heavy (non-hydrogen) atoms. The van der Waals surface area contributed by atoms with Crippen LogP contribution in [0.4, 0.5) is 5.69 Å². The molecular formula is C17H18Cl2N4O. The van der Waals surface area contributed by atoms with Crippen molar-refractivity contribution < 1.29 is 4.79 Å². The van der Waals surface area contributed by atoms with E-state index in [2.05, 4.69) is 20.4 Å². The lowest BCUT2D eigenvalue weighted by Crippen LogP contribution is -2.27. The summed E-state index contributed by atoms with van der Waals surface area (Å²) in [6.45, 7) is 1.48. The smallest absolute Gasteiger partial charge is 0.289 e. The molecule has 2 aromatic rings. The predicted octanol–water partition coefficient (Wildman–Crippen LogP) is 3.13. The fourth-order valence-electron chi connectivity index (χ4n) is 2.07. The van der Waals surface area contributed by atoms with Crippen LogP contribution in [0.15, 0.2) is 53.8 Å². The highest BCUT2D eigenvalue weighted by Crippen LogP contribution is 2.14. The van der Waals surface area contributed by atoms with Gasteiger partial charge in [-0.2, -0.15) is 5.10 Å². The topological polar surface area (TPSA) is 57.6 Å². The summed E-state index contributed by atoms with van der Waals surface area (Å²) in [4.78, 5) is 17.9. The molecule has 126 valence electrons. The van der Waals surface area contributed by atoms with Gasteiger partial charge in [-0.3, -0.25) is 9.78 Å². The van der Waals surface area contributed by atoms with Gasteiger partial charge in [-0.05, 0) is 29.8 Å². The number of pyridine rings is 1. The Morgan fingerprint density at radius 2 is 1.83 bits per heavy atom. The Kier molecular flexibility index (Phi) is 7.52. The largest absolute Gasteiger partial charge is 0.369 e. The molecule has 5 nitrogen and oxygen atoms in total. The molecule has 1 N–H and O–H groups in total. The van der Waals surface area contributed by atoms with E-state index in [1.165, 1.54) is 0 Å². The normalized spacial score (nSPS) is 10.8. The van der Waals surface area contributed by atoms with Gasteiger partial charge in [0, 0.05) is 36.7 Å². The molecule has 0 bridgehead atoms. The Bertz CT molecular complexity index is 656. The van der Waals surface area contributed by atoms with Gasteiger partial charge in [-0.25, -0.2) is 5.43 Å². The molecule has 0 aliphatic heterocycles. The highest BCUT2D eigenvalue weighted by atomic mass is 35.5. The number of rotatable bonds is 8. The second kappa shape index (κ2) is 9.90. The third-order valence-corrected chi connectivity index (χ3v) is 3.58. The number of carbonyl (C=O) groups excluding carboxylic acids is 1. The average molecular weight is 365 g/mol. The van der Waals surface area contributed by atoms with Crippen LogP contribution >= 0.6 is 23.2 Å². The van der Waals surface area contributed by atoms with Crippen LogP contribution in [0.1, 0.15) is 16.1 Å². The van der Waals surface area contributed by atoms with Gasteiger partial charge in [0.25, 0.3) is 5.91 Å². The number of anilines is 1. The lowest BCUT2D eigenvalue weighted by molar-refractivity contribution is 0.0950. The molecule has 1 aromatic heterocycles. The van der Waals surface area contributed by atoms with Crippen LogP contribution in [0.3, 0.4) is 0 Å². The Balaban J connectivity index is 1.94. The van der Waals surface area contributed by atoms with E-state index in [1.54, 1.807) is 30.6 Å². The minimum Gasteiger partial charge on any atom is -0.369 e. The Labute approximate surface area is 151 Å². The van der Waals surface area contributed by atoms with Crippen molar-refractivity contribution in [2.45, 2.75) is 0 Å². The van der Waals surface area contributed by atoms with Crippen LogP contribution in [0.25, 0.3) is 0 Å². The van der Waals surface area contributed by atoms with Crippen molar-refractivity contribution in [1.82, 2.24) is 10.4 Å². The lowest BCUT2D eigenvalue weighted by Gasteiger charge is -2.22. The highest BCUT2D eigenvalue weighted by molar-refractivity contribution is 6.18. The Hall–Kier alpha value is -2.11. The van der Waals surface area contributed by atoms with E-state index in [1.807, 2.05) is 24.3 Å². The van der Waals surface area contributed by atoms with E-state index in [0.717, 1.165) is 24.3 Å². The number of hydrogen-bond donors (Lipinski definition) is 1. The molecule has 7 heteroatoms. The predicted molar refractivity (Wildman–Crippen MR) is 99.4 cm³/mol. The summed E-state index contributed by atoms with van der Waals surface area (Å²) < 4.78 is 0. The second-order valence-electron chi connectivity index (χ2n) is 4.87. The number of aromatic nitrogens is 1. The number of benzene rings is 1. The fraction of sp³-hybridized carbons (Fsp3) is 0.235. The first kappa shape index (κ1) is 18.2. The van der Waals surface area contributed by atoms with Crippen LogP contribution < -0.4 is 10.3 Å². The van der Waals surface area contributed by atoms with Crippen molar-refractivity contribution in [2.24, 2.45) is 5.10 Å². The van der Waals surface area contributed by atoms with E-state index in [-0.39, 0.29) is 5.91 Å². The van der Waals surface area contributed by atoms with Gasteiger partial charge in [0.05, 0.1) is 6.21 Å². The van der Waals surface area contributed by atoms with Crippen LogP contribution in [-0.4, -0.2) is 42.0 Å². The summed E-state index contributed by atoms with van der Waals surface area (Å²) in [5.41, 5.74) is 4.69. The lowest BCUT2D eigenvalue weighted by atomic mass is 10.2. The number of alkyl halides is 2. The van der Waals surface area contributed by atoms with Crippen molar-refractivity contribution in [1.29, 1.82) is 0 Å². The summed E-state index contributed by atoms with van der Waals surface area (Å²) in [6, 6.07) is 12.9. The Morgan fingerprint density at radius 1 is 1.12 bits per heavy atom. The minimum atomic E-state index is -0.348. The highest BCUT2D eigenvalue weighted by Gasteiger charge is 2.05. The fourth-order valence-corrected chi connectivity index (χ4v) is 2.47. The van der Waals surface area contributed by atoms with E-state index < -0.39 is 0 Å². The molecule has 2 rings (SSSR count). The zero-order valence-corrected chi connectivity index (χ0v) is 14.5. The molecule has 1 amide bonds. The summed E-state index contributed by atoms with van der Waals surface area (Å²) in [5, 5.41) is 3.94. The van der Waals surface area contributed by atoms with E-state index in [9.17, 15) is 4.79 Å².